The van der Waals surface area contributed by atoms with Gasteiger partial charge in [-0.05, 0) is 70.1 Å². The minimum absolute atomic E-state index is 0.205. The maximum atomic E-state index is 6.87. The first kappa shape index (κ1) is 27.8. The fourth-order valence-electron chi connectivity index (χ4n) is 5.40. The predicted molar refractivity (Wildman–Crippen MR) is 164 cm³/mol. The zero-order valence-corrected chi connectivity index (χ0v) is 25.6. The summed E-state index contributed by atoms with van der Waals surface area (Å²) >= 11 is 6.87. The highest BCUT2D eigenvalue weighted by Gasteiger charge is 2.18. The number of aromatic nitrogens is 6. The molecule has 11 heteroatoms. The molecule has 4 heterocycles. The summed E-state index contributed by atoms with van der Waals surface area (Å²) in [6, 6.07) is 11.1. The summed E-state index contributed by atoms with van der Waals surface area (Å²) in [5.41, 5.74) is 4.79. The summed E-state index contributed by atoms with van der Waals surface area (Å²) in [6.07, 6.45) is 8.00. The van der Waals surface area contributed by atoms with Gasteiger partial charge in [-0.1, -0.05) is 24.7 Å². The Bertz CT molecular complexity index is 1680. The Morgan fingerprint density at radius 2 is 1.90 bits per heavy atom. The maximum absolute atomic E-state index is 6.87. The molecule has 1 N–H and O–H groups in total. The molecule has 1 atom stereocenters. The van der Waals surface area contributed by atoms with Gasteiger partial charge in [0.1, 0.15) is 34.6 Å². The number of halogens is 1. The highest BCUT2D eigenvalue weighted by atomic mass is 35.5. The fourth-order valence-corrected chi connectivity index (χ4v) is 6.91. The molecule has 5 aromatic rings. The third-order valence-corrected chi connectivity index (χ3v) is 9.28. The van der Waals surface area contributed by atoms with Crippen LogP contribution in [-0.4, -0.2) is 57.3 Å². The Labute approximate surface area is 246 Å². The van der Waals surface area contributed by atoms with E-state index in [1.807, 2.05) is 48.1 Å². The van der Waals surface area contributed by atoms with Crippen molar-refractivity contribution >= 4 is 42.5 Å². The van der Waals surface area contributed by atoms with Crippen molar-refractivity contribution in [1.82, 2.24) is 34.6 Å². The van der Waals surface area contributed by atoms with Gasteiger partial charge in [-0.25, -0.2) is 9.97 Å². The first-order valence-electron chi connectivity index (χ1n) is 14.1. The van der Waals surface area contributed by atoms with Gasteiger partial charge in [-0.15, -0.1) is 0 Å². The summed E-state index contributed by atoms with van der Waals surface area (Å²) in [5.74, 6) is 2.08. The van der Waals surface area contributed by atoms with Gasteiger partial charge < -0.3 is 19.4 Å². The standard InChI is InChI=1S/C30H35ClN7O2Si/c1-19(17-41(3)4)39-18-37-20(2)35-24-6-5-23(13-27(24)37)40-28-8-7-25-30(29(28)31)36-26(15-33-25)21-14-34-38(16-21)22-9-11-32-12-10-22/h5-8,13-16,19,22,32H,9-12,17-18H2,1-4H3. The highest BCUT2D eigenvalue weighted by molar-refractivity contribution is 6.55. The average Bonchev–Trinajstić information content (AvgIpc) is 3.58. The topological polar surface area (TPSA) is 91.9 Å². The Hall–Kier alpha value is -3.31. The normalized spacial score (nSPS) is 15.3. The van der Waals surface area contributed by atoms with E-state index in [1.54, 1.807) is 6.20 Å². The molecule has 1 aliphatic rings. The van der Waals surface area contributed by atoms with Gasteiger partial charge in [0.05, 0.1) is 46.8 Å². The van der Waals surface area contributed by atoms with Gasteiger partial charge in [0.2, 0.25) is 0 Å². The Morgan fingerprint density at radius 3 is 2.71 bits per heavy atom. The first-order valence-corrected chi connectivity index (χ1v) is 17.2. The van der Waals surface area contributed by atoms with E-state index in [1.165, 1.54) is 0 Å². The number of aryl methyl sites for hydroxylation is 1. The van der Waals surface area contributed by atoms with Gasteiger partial charge >= 0.3 is 0 Å². The maximum Gasteiger partial charge on any atom is 0.148 e. The number of rotatable bonds is 9. The summed E-state index contributed by atoms with van der Waals surface area (Å²) in [5, 5.41) is 8.43. The number of piperidine rings is 1. The van der Waals surface area contributed by atoms with E-state index in [4.69, 9.17) is 31.0 Å². The lowest BCUT2D eigenvalue weighted by atomic mass is 10.1. The van der Waals surface area contributed by atoms with Crippen molar-refractivity contribution in [3.63, 3.8) is 0 Å². The second-order valence-corrected chi connectivity index (χ2v) is 14.2. The van der Waals surface area contributed by atoms with Gasteiger partial charge in [0, 0.05) is 26.6 Å². The number of hydrogen-bond donors (Lipinski definition) is 1. The second-order valence-electron chi connectivity index (χ2n) is 11.0. The van der Waals surface area contributed by atoms with Gasteiger partial charge in [-0.2, -0.15) is 5.10 Å². The van der Waals surface area contributed by atoms with Gasteiger partial charge in [0.25, 0.3) is 0 Å². The summed E-state index contributed by atoms with van der Waals surface area (Å²) in [4.78, 5) is 14.2. The summed E-state index contributed by atoms with van der Waals surface area (Å²) in [7, 11) is -0.357. The molecule has 1 fully saturated rings. The van der Waals surface area contributed by atoms with Crippen LogP contribution in [0.1, 0.15) is 31.6 Å². The predicted octanol–water partition coefficient (Wildman–Crippen LogP) is 6.64. The van der Waals surface area contributed by atoms with Crippen LogP contribution in [0.4, 0.5) is 0 Å². The molecule has 0 aliphatic carbocycles. The van der Waals surface area contributed by atoms with Crippen molar-refractivity contribution in [3.05, 3.63) is 59.8 Å². The molecule has 1 radical (unpaired) electrons. The molecule has 0 amide bonds. The monoisotopic (exact) mass is 588 g/mol. The molecule has 0 saturated carbocycles. The van der Waals surface area contributed by atoms with Crippen LogP contribution in [0.2, 0.25) is 24.2 Å². The number of ether oxygens (including phenoxy) is 2. The zero-order valence-electron chi connectivity index (χ0n) is 23.9. The molecule has 9 nitrogen and oxygen atoms in total. The van der Waals surface area contributed by atoms with E-state index in [0.717, 1.165) is 60.1 Å². The van der Waals surface area contributed by atoms with Crippen LogP contribution in [-0.2, 0) is 11.5 Å². The molecule has 213 valence electrons. The molecule has 2 aromatic carbocycles. The van der Waals surface area contributed by atoms with Gasteiger partial charge in [0.15, 0.2) is 0 Å². The lowest BCUT2D eigenvalue weighted by molar-refractivity contribution is 0.0295. The molecular formula is C30H35ClN7O2Si. The lowest BCUT2D eigenvalue weighted by Gasteiger charge is -2.22. The van der Waals surface area contributed by atoms with Crippen molar-refractivity contribution in [2.75, 3.05) is 13.1 Å². The summed E-state index contributed by atoms with van der Waals surface area (Å²) in [6.45, 7) is 11.2. The SMILES string of the molecule is Cc1nc2ccc(Oc3ccc4ncc(-c5cnn(C6CCNCC6)c5)nc4c3Cl)cc2n1COC(C)C[Si](C)C. The summed E-state index contributed by atoms with van der Waals surface area (Å²) < 4.78 is 16.6. The van der Waals surface area contributed by atoms with Crippen LogP contribution in [0.5, 0.6) is 11.5 Å². The largest absolute Gasteiger partial charge is 0.456 e. The van der Waals surface area contributed by atoms with Gasteiger partial charge in [-0.3, -0.25) is 9.67 Å². The van der Waals surface area contributed by atoms with E-state index in [0.29, 0.717) is 40.3 Å². The van der Waals surface area contributed by atoms with E-state index in [-0.39, 0.29) is 14.9 Å². The minimum atomic E-state index is -0.357. The number of benzene rings is 2. The Morgan fingerprint density at radius 1 is 1.10 bits per heavy atom. The molecule has 41 heavy (non-hydrogen) atoms. The minimum Gasteiger partial charge on any atom is -0.456 e. The molecule has 1 aliphatic heterocycles. The molecule has 1 unspecified atom stereocenters. The van der Waals surface area contributed by atoms with Crippen LogP contribution < -0.4 is 10.1 Å². The number of fused-ring (bicyclic) bond motifs is 2. The van der Waals surface area contributed by atoms with E-state index < -0.39 is 0 Å². The number of hydrogen-bond acceptors (Lipinski definition) is 7. The van der Waals surface area contributed by atoms with Crippen LogP contribution in [0.15, 0.2) is 48.9 Å². The smallest absolute Gasteiger partial charge is 0.148 e. The molecule has 3 aromatic heterocycles. The highest BCUT2D eigenvalue weighted by Crippen LogP contribution is 2.36. The van der Waals surface area contributed by atoms with E-state index >= 15 is 0 Å². The molecule has 1 saturated heterocycles. The first-order chi connectivity index (χ1) is 19.9. The fraction of sp³-hybridized carbons (Fsp3) is 0.400. The Balaban J connectivity index is 1.25. The molecule has 6 rings (SSSR count). The number of nitrogens with zero attached hydrogens (tertiary/aromatic N) is 6. The molecular weight excluding hydrogens is 554 g/mol. The van der Waals surface area contributed by atoms with Crippen molar-refractivity contribution < 1.29 is 9.47 Å². The van der Waals surface area contributed by atoms with Crippen LogP contribution in [0, 0.1) is 6.92 Å². The van der Waals surface area contributed by atoms with Crippen molar-refractivity contribution in [2.45, 2.75) is 64.7 Å². The number of nitrogens with one attached hydrogen (secondary N) is 1. The van der Waals surface area contributed by atoms with Crippen molar-refractivity contribution in [3.8, 4) is 22.8 Å². The van der Waals surface area contributed by atoms with Crippen molar-refractivity contribution in [2.24, 2.45) is 0 Å². The van der Waals surface area contributed by atoms with Crippen LogP contribution in [0.25, 0.3) is 33.3 Å². The zero-order chi connectivity index (χ0) is 28.5. The number of imidazole rings is 1. The lowest BCUT2D eigenvalue weighted by Crippen LogP contribution is -2.29. The van der Waals surface area contributed by atoms with E-state index in [9.17, 15) is 0 Å². The molecule has 0 spiro atoms. The Kier molecular flexibility index (Phi) is 8.07. The molecule has 0 bridgehead atoms. The second kappa shape index (κ2) is 11.9. The van der Waals surface area contributed by atoms with Crippen LogP contribution in [0.3, 0.4) is 0 Å². The third-order valence-electron chi connectivity index (χ3n) is 7.52. The van der Waals surface area contributed by atoms with Crippen LogP contribution >= 0.6 is 11.6 Å². The average molecular weight is 589 g/mol. The quantitative estimate of drug-likeness (QED) is 0.193. The van der Waals surface area contributed by atoms with E-state index in [2.05, 4.69) is 46.2 Å². The van der Waals surface area contributed by atoms with Crippen molar-refractivity contribution in [1.29, 1.82) is 0 Å². The third kappa shape index (κ3) is 6.01.